The number of benzene rings is 1. The summed E-state index contributed by atoms with van der Waals surface area (Å²) in [5.74, 6) is -2.57. The molecule has 1 aromatic rings. The van der Waals surface area contributed by atoms with Crippen LogP contribution < -0.4 is 9.32 Å². The zero-order chi connectivity index (χ0) is 34.3. The van der Waals surface area contributed by atoms with Gasteiger partial charge in [0.05, 0.1) is 6.10 Å². The van der Waals surface area contributed by atoms with Crippen LogP contribution in [-0.2, 0) is 27.9 Å². The molecular formula is C34H50F5NO5S2. The van der Waals surface area contributed by atoms with Crippen LogP contribution in [0.3, 0.4) is 0 Å². The van der Waals surface area contributed by atoms with Crippen LogP contribution in [0.1, 0.15) is 120 Å². The summed E-state index contributed by atoms with van der Waals surface area (Å²) in [7, 11) is -4.12. The molecule has 3 N–H and O–H groups in total. The van der Waals surface area contributed by atoms with Crippen molar-refractivity contribution in [1.29, 1.82) is 0 Å². The van der Waals surface area contributed by atoms with Gasteiger partial charge >= 0.3 is 22.4 Å². The molecule has 7 atom stereocenters. The molecule has 0 amide bonds. The maximum absolute atomic E-state index is 13.0. The Labute approximate surface area is 279 Å². The van der Waals surface area contributed by atoms with Crippen molar-refractivity contribution in [3.8, 4) is 5.75 Å². The lowest BCUT2D eigenvalue weighted by Gasteiger charge is -2.54. The van der Waals surface area contributed by atoms with E-state index in [1.165, 1.54) is 5.56 Å². The quantitative estimate of drug-likeness (QED) is 0.103. The Morgan fingerprint density at radius 1 is 1.00 bits per heavy atom. The summed E-state index contributed by atoms with van der Waals surface area (Å²) in [4.78, 5) is 0. The average molecular weight is 712 g/mol. The lowest BCUT2D eigenvalue weighted by molar-refractivity contribution is -0.284. The first-order valence-electron chi connectivity index (χ1n) is 17.3. The van der Waals surface area contributed by atoms with Crippen molar-refractivity contribution in [2.75, 3.05) is 11.5 Å². The number of aliphatic hydroxyl groups excluding tert-OH is 1. The van der Waals surface area contributed by atoms with Gasteiger partial charge in [0.1, 0.15) is 17.3 Å². The Morgan fingerprint density at radius 2 is 1.64 bits per heavy atom. The Morgan fingerprint density at radius 3 is 2.28 bits per heavy atom. The third kappa shape index (κ3) is 8.10. The highest BCUT2D eigenvalue weighted by molar-refractivity contribution is 7.91. The highest BCUT2D eigenvalue weighted by atomic mass is 32.2. The lowest BCUT2D eigenvalue weighted by atomic mass is 9.50. The maximum Gasteiger partial charge on any atom is 0.453 e. The molecule has 0 aromatic heterocycles. The Kier molecular flexibility index (Phi) is 11.2. The third-order valence-electron chi connectivity index (χ3n) is 12.2. The van der Waals surface area contributed by atoms with Crippen LogP contribution in [0, 0.1) is 28.6 Å². The van der Waals surface area contributed by atoms with Crippen LogP contribution in [0.4, 0.5) is 22.0 Å². The van der Waals surface area contributed by atoms with E-state index in [0.717, 1.165) is 89.0 Å². The van der Waals surface area contributed by atoms with Crippen molar-refractivity contribution in [2.45, 2.75) is 134 Å². The van der Waals surface area contributed by atoms with Gasteiger partial charge in [0, 0.05) is 11.8 Å². The van der Waals surface area contributed by atoms with Gasteiger partial charge in [-0.1, -0.05) is 56.3 Å². The minimum absolute atomic E-state index is 0.0784. The monoisotopic (exact) mass is 711 g/mol. The first kappa shape index (κ1) is 37.1. The van der Waals surface area contributed by atoms with Crippen LogP contribution in [0.25, 0.3) is 0 Å². The van der Waals surface area contributed by atoms with Gasteiger partial charge in [0.25, 0.3) is 0 Å². The van der Waals surface area contributed by atoms with Crippen molar-refractivity contribution in [2.24, 2.45) is 33.7 Å². The summed E-state index contributed by atoms with van der Waals surface area (Å²) in [6, 6.07) is 5.57. The number of rotatable bonds is 16. The Bertz CT molecular complexity index is 1340. The summed E-state index contributed by atoms with van der Waals surface area (Å²) in [5.41, 5.74) is 2.64. The van der Waals surface area contributed by atoms with Gasteiger partial charge in [0.15, 0.2) is 0 Å². The van der Waals surface area contributed by atoms with Gasteiger partial charge in [0.2, 0.25) is 0 Å². The van der Waals surface area contributed by atoms with E-state index in [1.54, 1.807) is 6.07 Å². The molecule has 0 saturated heterocycles. The number of hydrogen-bond acceptors (Lipinski definition) is 5. The molecular weight excluding hydrogens is 662 g/mol. The minimum Gasteiger partial charge on any atom is -0.616 e. The van der Waals surface area contributed by atoms with Crippen LogP contribution in [0.2, 0.25) is 0 Å². The molecule has 47 heavy (non-hydrogen) atoms. The first-order valence-corrected chi connectivity index (χ1v) is 20.3. The second-order valence-corrected chi connectivity index (χ2v) is 17.8. The summed E-state index contributed by atoms with van der Waals surface area (Å²) < 4.78 is 103. The van der Waals surface area contributed by atoms with Crippen LogP contribution in [0.5, 0.6) is 5.75 Å². The van der Waals surface area contributed by atoms with Crippen molar-refractivity contribution in [3.05, 3.63) is 29.3 Å². The number of unbranched alkanes of at least 4 members (excludes halogenated alkanes) is 6. The molecule has 0 aliphatic heterocycles. The topological polar surface area (TPSA) is 113 Å². The molecule has 0 heterocycles. The molecule has 1 spiro atoms. The molecule has 0 bridgehead atoms. The molecule has 4 aliphatic carbocycles. The number of hydrogen-bond donors (Lipinski definition) is 2. The van der Waals surface area contributed by atoms with Gasteiger partial charge in [-0.3, -0.25) is 0 Å². The summed E-state index contributed by atoms with van der Waals surface area (Å²) in [6.45, 7) is 2.43. The van der Waals surface area contributed by atoms with E-state index in [4.69, 9.17) is 9.32 Å². The van der Waals surface area contributed by atoms with Gasteiger partial charge in [-0.05, 0) is 117 Å². The molecule has 1 aromatic carbocycles. The third-order valence-corrected chi connectivity index (χ3v) is 14.2. The highest BCUT2D eigenvalue weighted by Crippen LogP contribution is 2.76. The number of aliphatic hydroxyl groups is 1. The highest BCUT2D eigenvalue weighted by Gasteiger charge is 2.71. The molecule has 4 aliphatic rings. The standard InChI is InChI=1S/C34H50F5NO5S2/c1-31-15-13-27-26-12-11-25(45-47(40,43)44)21-24(26)20-23(30(27)28(31)22-29(41)32(31)16-17-32)10-7-5-3-2-4-6-8-18-46(42)19-9-14-33(35,36)34(37,38)39/h11-12,21,23,27-30,41H,2-10,13-20,22H2,1H3,(H2,40,43,44)/t23-,27?,28?,29-,30?,31+,46?/m1/s1. The second kappa shape index (κ2) is 14.2. The molecule has 5 rings (SSSR count). The largest absolute Gasteiger partial charge is 0.616 e. The zero-order valence-electron chi connectivity index (χ0n) is 27.2. The first-order chi connectivity index (χ1) is 22.0. The average Bonchev–Trinajstić information content (AvgIpc) is 3.75. The van der Waals surface area contributed by atoms with E-state index in [1.807, 2.05) is 12.1 Å². The van der Waals surface area contributed by atoms with E-state index in [2.05, 4.69) is 6.92 Å². The van der Waals surface area contributed by atoms with Crippen molar-refractivity contribution >= 4 is 21.5 Å². The van der Waals surface area contributed by atoms with Crippen molar-refractivity contribution in [3.63, 3.8) is 0 Å². The minimum atomic E-state index is -5.56. The summed E-state index contributed by atoms with van der Waals surface area (Å²) in [6.07, 6.45) is 6.31. The SMILES string of the molecule is C[C@]12CCC3c4ccc(OS(N)(=O)=O)cc4C[C@@H](CCCCCCCCC[S+]([O-])CCCC(F)(F)C(F)(F)F)C3C1C[C@@H](O)C21CC1. The number of nitrogens with two attached hydrogens (primary N) is 1. The zero-order valence-corrected chi connectivity index (χ0v) is 28.8. The molecule has 0 radical (unpaired) electrons. The maximum atomic E-state index is 13.0. The second-order valence-electron chi connectivity index (χ2n) is 15.0. The fourth-order valence-corrected chi connectivity index (χ4v) is 11.3. The van der Waals surface area contributed by atoms with Gasteiger partial charge in [-0.15, -0.1) is 0 Å². The summed E-state index contributed by atoms with van der Waals surface area (Å²) >= 11 is -1.39. The van der Waals surface area contributed by atoms with Gasteiger partial charge in [-0.25, -0.2) is 0 Å². The molecule has 3 saturated carbocycles. The van der Waals surface area contributed by atoms with Gasteiger partial charge < -0.3 is 13.8 Å². The smallest absolute Gasteiger partial charge is 0.453 e. The van der Waals surface area contributed by atoms with E-state index in [-0.39, 0.29) is 28.4 Å². The molecule has 3 fully saturated rings. The van der Waals surface area contributed by atoms with E-state index >= 15 is 0 Å². The van der Waals surface area contributed by atoms with Gasteiger partial charge in [-0.2, -0.15) is 35.5 Å². The predicted molar refractivity (Wildman–Crippen MR) is 172 cm³/mol. The fourth-order valence-electron chi connectivity index (χ4n) is 9.75. The normalized spacial score (nSPS) is 30.4. The number of halogens is 5. The van der Waals surface area contributed by atoms with E-state index in [9.17, 15) is 40.0 Å². The van der Waals surface area contributed by atoms with E-state index < -0.39 is 46.4 Å². The molecule has 4 unspecified atom stereocenters. The van der Waals surface area contributed by atoms with Crippen molar-refractivity contribution in [1.82, 2.24) is 0 Å². The van der Waals surface area contributed by atoms with Crippen LogP contribution in [-0.4, -0.2) is 47.8 Å². The number of fused-ring (bicyclic) bond motifs is 6. The molecule has 268 valence electrons. The molecule has 13 heteroatoms. The van der Waals surface area contributed by atoms with Crippen LogP contribution >= 0.6 is 0 Å². The van der Waals surface area contributed by atoms with Crippen LogP contribution in [0.15, 0.2) is 18.2 Å². The Balaban J connectivity index is 1.09. The predicted octanol–water partition coefficient (Wildman–Crippen LogP) is 7.95. The van der Waals surface area contributed by atoms with E-state index in [0.29, 0.717) is 35.8 Å². The Hall–Kier alpha value is -1.15. The lowest BCUT2D eigenvalue weighted by Crippen LogP contribution is -2.46. The fraction of sp³-hybridized carbons (Fsp3) is 0.824. The van der Waals surface area contributed by atoms with Crippen molar-refractivity contribution < 1.29 is 44.2 Å². The number of alkyl halides is 5. The molecule has 6 nitrogen and oxygen atoms in total. The summed E-state index contributed by atoms with van der Waals surface area (Å²) in [5, 5.41) is 16.4.